The van der Waals surface area contributed by atoms with E-state index in [1.54, 1.807) is 7.11 Å². The minimum absolute atomic E-state index is 0.128. The average Bonchev–Trinajstić information content (AvgIpc) is 2.53. The Hall–Kier alpha value is -2.03. The molecule has 0 spiro atoms. The number of hydrogen-bond acceptors (Lipinski definition) is 2. The van der Waals surface area contributed by atoms with E-state index in [0.29, 0.717) is 6.42 Å². The summed E-state index contributed by atoms with van der Waals surface area (Å²) in [5.41, 5.74) is 2.64. The number of carbonyl (C=O) groups excluding carboxylic acids is 1. The molecule has 0 heterocycles. The molecule has 2 aromatic carbocycles. The first-order chi connectivity index (χ1) is 10.2. The van der Waals surface area contributed by atoms with E-state index < -0.39 is 0 Å². The van der Waals surface area contributed by atoms with Gasteiger partial charge >= 0.3 is 0 Å². The minimum atomic E-state index is 0.128. The topological polar surface area (TPSA) is 38.3 Å². The molecule has 110 valence electrons. The van der Waals surface area contributed by atoms with E-state index in [0.717, 1.165) is 25.0 Å². The third kappa shape index (κ3) is 2.60. The van der Waals surface area contributed by atoms with E-state index in [9.17, 15) is 4.79 Å². The van der Waals surface area contributed by atoms with Gasteiger partial charge in [-0.1, -0.05) is 31.2 Å². The summed E-state index contributed by atoms with van der Waals surface area (Å²) in [6.07, 6.45) is 3.38. The summed E-state index contributed by atoms with van der Waals surface area (Å²) >= 11 is 0. The van der Waals surface area contributed by atoms with Crippen molar-refractivity contribution in [1.29, 1.82) is 0 Å². The summed E-state index contributed by atoms with van der Waals surface area (Å²) in [5.74, 6) is 1.07. The van der Waals surface area contributed by atoms with Crippen LogP contribution in [0, 0.1) is 0 Å². The number of benzene rings is 2. The Bertz CT molecular complexity index is 678. The Labute approximate surface area is 125 Å². The van der Waals surface area contributed by atoms with E-state index in [-0.39, 0.29) is 11.9 Å². The van der Waals surface area contributed by atoms with Crippen molar-refractivity contribution in [2.75, 3.05) is 7.11 Å². The highest BCUT2D eigenvalue weighted by atomic mass is 16.5. The Morgan fingerprint density at radius 3 is 2.90 bits per heavy atom. The van der Waals surface area contributed by atoms with Crippen LogP contribution in [0.3, 0.4) is 0 Å². The second kappa shape index (κ2) is 5.76. The zero-order valence-electron chi connectivity index (χ0n) is 12.6. The van der Waals surface area contributed by atoms with Crippen LogP contribution in [0.25, 0.3) is 10.8 Å². The van der Waals surface area contributed by atoms with Crippen LogP contribution in [-0.2, 0) is 17.6 Å². The lowest BCUT2D eigenvalue weighted by molar-refractivity contribution is -0.121. The van der Waals surface area contributed by atoms with E-state index in [1.165, 1.54) is 21.9 Å². The molecular formula is C18H21NO2. The maximum absolute atomic E-state index is 11.6. The van der Waals surface area contributed by atoms with Gasteiger partial charge in [0.05, 0.1) is 7.11 Å². The zero-order valence-corrected chi connectivity index (χ0v) is 12.6. The van der Waals surface area contributed by atoms with Gasteiger partial charge in [-0.25, -0.2) is 0 Å². The van der Waals surface area contributed by atoms with Crippen molar-refractivity contribution in [2.24, 2.45) is 0 Å². The van der Waals surface area contributed by atoms with Gasteiger partial charge in [0.2, 0.25) is 5.91 Å². The summed E-state index contributed by atoms with van der Waals surface area (Å²) < 4.78 is 5.59. The van der Waals surface area contributed by atoms with Gasteiger partial charge in [-0.05, 0) is 47.2 Å². The monoisotopic (exact) mass is 283 g/mol. The molecule has 0 saturated heterocycles. The fraction of sp³-hybridized carbons (Fsp3) is 0.389. The van der Waals surface area contributed by atoms with Gasteiger partial charge in [-0.3, -0.25) is 4.79 Å². The molecule has 1 atom stereocenters. The summed E-state index contributed by atoms with van der Waals surface area (Å²) in [7, 11) is 1.72. The standard InChI is InChI=1S/C18H21NO2/c1-3-18(20)19-13-8-9-15-14-7-5-4-6-12(14)10-17(21-2)16(15)11-13/h4-7,10,13H,3,8-9,11H2,1-2H3,(H,19,20). The average molecular weight is 283 g/mol. The summed E-state index contributed by atoms with van der Waals surface area (Å²) in [6, 6.07) is 10.8. The number of amides is 1. The number of aryl methyl sites for hydroxylation is 1. The number of ether oxygens (including phenoxy) is 1. The van der Waals surface area contributed by atoms with Crippen LogP contribution in [0.2, 0.25) is 0 Å². The molecule has 0 bridgehead atoms. The van der Waals surface area contributed by atoms with Gasteiger partial charge < -0.3 is 10.1 Å². The lowest BCUT2D eigenvalue weighted by atomic mass is 9.84. The SMILES string of the molecule is CCC(=O)NC1CCc2c(c(OC)cc3ccccc23)C1. The normalized spacial score (nSPS) is 17.3. The number of rotatable bonds is 3. The first-order valence-corrected chi connectivity index (χ1v) is 7.59. The fourth-order valence-electron chi connectivity index (χ4n) is 3.25. The van der Waals surface area contributed by atoms with Crippen molar-refractivity contribution >= 4 is 16.7 Å². The molecule has 3 rings (SSSR count). The Morgan fingerprint density at radius 1 is 1.33 bits per heavy atom. The lowest BCUT2D eigenvalue weighted by Crippen LogP contribution is -2.38. The Balaban J connectivity index is 2.01. The molecule has 0 saturated carbocycles. The third-order valence-electron chi connectivity index (χ3n) is 4.33. The zero-order chi connectivity index (χ0) is 14.8. The predicted molar refractivity (Wildman–Crippen MR) is 84.7 cm³/mol. The van der Waals surface area contributed by atoms with Crippen LogP contribution >= 0.6 is 0 Å². The molecule has 1 aliphatic carbocycles. The van der Waals surface area contributed by atoms with Crippen LogP contribution in [0.15, 0.2) is 30.3 Å². The second-order valence-electron chi connectivity index (χ2n) is 5.62. The molecule has 0 aliphatic heterocycles. The summed E-state index contributed by atoms with van der Waals surface area (Å²) in [5, 5.41) is 5.65. The number of fused-ring (bicyclic) bond motifs is 3. The molecule has 1 unspecified atom stereocenters. The van der Waals surface area contributed by atoms with Gasteiger partial charge in [-0.2, -0.15) is 0 Å². The van der Waals surface area contributed by atoms with Crippen LogP contribution in [0.1, 0.15) is 30.9 Å². The van der Waals surface area contributed by atoms with Gasteiger partial charge in [0.15, 0.2) is 0 Å². The molecular weight excluding hydrogens is 262 g/mol. The Kier molecular flexibility index (Phi) is 3.82. The number of nitrogens with one attached hydrogen (secondary N) is 1. The first-order valence-electron chi connectivity index (χ1n) is 7.59. The van der Waals surface area contributed by atoms with E-state index >= 15 is 0 Å². The maximum atomic E-state index is 11.6. The molecule has 1 amide bonds. The van der Waals surface area contributed by atoms with Crippen molar-refractivity contribution < 1.29 is 9.53 Å². The van der Waals surface area contributed by atoms with E-state index in [1.807, 2.05) is 6.92 Å². The van der Waals surface area contributed by atoms with Crippen LogP contribution < -0.4 is 10.1 Å². The number of hydrogen-bond donors (Lipinski definition) is 1. The molecule has 0 aromatic heterocycles. The lowest BCUT2D eigenvalue weighted by Gasteiger charge is -2.28. The molecule has 1 N–H and O–H groups in total. The quantitative estimate of drug-likeness (QED) is 0.939. The summed E-state index contributed by atoms with van der Waals surface area (Å²) in [6.45, 7) is 1.89. The fourth-order valence-corrected chi connectivity index (χ4v) is 3.25. The maximum Gasteiger partial charge on any atom is 0.219 e. The van der Waals surface area contributed by atoms with Crippen LogP contribution in [-0.4, -0.2) is 19.1 Å². The molecule has 0 radical (unpaired) electrons. The van der Waals surface area contributed by atoms with Crippen molar-refractivity contribution in [3.63, 3.8) is 0 Å². The van der Waals surface area contributed by atoms with Gasteiger partial charge in [0.1, 0.15) is 5.75 Å². The van der Waals surface area contributed by atoms with Crippen molar-refractivity contribution in [1.82, 2.24) is 5.32 Å². The highest BCUT2D eigenvalue weighted by Crippen LogP contribution is 2.36. The molecule has 0 fully saturated rings. The van der Waals surface area contributed by atoms with Gasteiger partial charge in [0.25, 0.3) is 0 Å². The van der Waals surface area contributed by atoms with Crippen molar-refractivity contribution in [3.05, 3.63) is 41.5 Å². The van der Waals surface area contributed by atoms with Crippen molar-refractivity contribution in [3.8, 4) is 5.75 Å². The van der Waals surface area contributed by atoms with E-state index in [2.05, 4.69) is 35.6 Å². The van der Waals surface area contributed by atoms with Gasteiger partial charge in [-0.15, -0.1) is 0 Å². The van der Waals surface area contributed by atoms with Crippen LogP contribution in [0.5, 0.6) is 5.75 Å². The molecule has 3 heteroatoms. The minimum Gasteiger partial charge on any atom is -0.496 e. The van der Waals surface area contributed by atoms with Crippen LogP contribution in [0.4, 0.5) is 0 Å². The highest BCUT2D eigenvalue weighted by Gasteiger charge is 2.24. The highest BCUT2D eigenvalue weighted by molar-refractivity contribution is 5.89. The summed E-state index contributed by atoms with van der Waals surface area (Å²) in [4.78, 5) is 11.6. The smallest absolute Gasteiger partial charge is 0.219 e. The molecule has 1 aliphatic rings. The second-order valence-corrected chi connectivity index (χ2v) is 5.62. The molecule has 2 aromatic rings. The molecule has 21 heavy (non-hydrogen) atoms. The first kappa shape index (κ1) is 13.9. The third-order valence-corrected chi connectivity index (χ3v) is 4.33. The largest absolute Gasteiger partial charge is 0.496 e. The van der Waals surface area contributed by atoms with E-state index in [4.69, 9.17) is 4.74 Å². The molecule has 3 nitrogen and oxygen atoms in total. The number of carbonyl (C=O) groups is 1. The van der Waals surface area contributed by atoms with Gasteiger partial charge in [0, 0.05) is 12.5 Å². The number of methoxy groups -OCH3 is 1. The Morgan fingerprint density at radius 2 is 2.14 bits per heavy atom. The van der Waals surface area contributed by atoms with Crippen molar-refractivity contribution in [2.45, 2.75) is 38.6 Å². The predicted octanol–water partition coefficient (Wildman–Crippen LogP) is 3.23.